The summed E-state index contributed by atoms with van der Waals surface area (Å²) in [5.74, 6) is -0.160. The summed E-state index contributed by atoms with van der Waals surface area (Å²) in [5, 5.41) is -0.540. The molecule has 196 valence electrons. The Hall–Kier alpha value is -2.45. The summed E-state index contributed by atoms with van der Waals surface area (Å²) in [6.45, 7) is 9.92. The van der Waals surface area contributed by atoms with E-state index in [1.807, 2.05) is 49.6 Å². The van der Waals surface area contributed by atoms with Crippen molar-refractivity contribution in [3.63, 3.8) is 0 Å². The Kier molecular flexibility index (Phi) is 9.17. The smallest absolute Gasteiger partial charge is 0.334 e. The van der Waals surface area contributed by atoms with Crippen LogP contribution in [0.15, 0.2) is 64.6 Å². The summed E-state index contributed by atoms with van der Waals surface area (Å²) in [6, 6.07) is 13.4. The van der Waals surface area contributed by atoms with Crippen LogP contribution < -0.4 is 9.64 Å². The number of hydrogen-bond acceptors (Lipinski definition) is 7. The first-order valence-corrected chi connectivity index (χ1v) is 15.1. The highest BCUT2D eigenvalue weighted by molar-refractivity contribution is 7.98. The number of thioether (sulfide) groups is 1. The SMILES string of the molecule is CCCCC1CN(c2ccccc2)c2cc(SC)c(O/C=C/C(=O)OC(C)(C)C)cc2S(=O)(=O)C1C. The van der Waals surface area contributed by atoms with Gasteiger partial charge in [0, 0.05) is 18.3 Å². The zero-order valence-electron chi connectivity index (χ0n) is 22.0. The molecule has 2 atom stereocenters. The van der Waals surface area contributed by atoms with Crippen LogP contribution in [0.4, 0.5) is 11.4 Å². The lowest BCUT2D eigenvalue weighted by molar-refractivity contribution is -0.148. The molecule has 2 unspecified atom stereocenters. The van der Waals surface area contributed by atoms with Gasteiger partial charge in [-0.05, 0) is 64.5 Å². The van der Waals surface area contributed by atoms with E-state index in [2.05, 4.69) is 11.8 Å². The Morgan fingerprint density at radius 3 is 2.50 bits per heavy atom. The molecule has 1 heterocycles. The summed E-state index contributed by atoms with van der Waals surface area (Å²) in [5.41, 5.74) is 0.991. The Bertz CT molecular complexity index is 1190. The largest absolute Gasteiger partial charge is 0.464 e. The van der Waals surface area contributed by atoms with Crippen molar-refractivity contribution in [1.82, 2.24) is 0 Å². The zero-order valence-corrected chi connectivity index (χ0v) is 23.6. The van der Waals surface area contributed by atoms with E-state index in [0.29, 0.717) is 18.0 Å². The van der Waals surface area contributed by atoms with E-state index in [1.165, 1.54) is 24.1 Å². The van der Waals surface area contributed by atoms with Gasteiger partial charge in [0.15, 0.2) is 9.84 Å². The lowest BCUT2D eigenvalue weighted by Crippen LogP contribution is -2.31. The molecule has 0 bridgehead atoms. The van der Waals surface area contributed by atoms with Gasteiger partial charge in [0.25, 0.3) is 0 Å². The van der Waals surface area contributed by atoms with Crippen LogP contribution in [0.3, 0.4) is 0 Å². The number of carbonyl (C=O) groups is 1. The molecular formula is C28H37NO5S2. The van der Waals surface area contributed by atoms with E-state index in [1.54, 1.807) is 26.8 Å². The Labute approximate surface area is 220 Å². The molecule has 0 radical (unpaired) electrons. The lowest BCUT2D eigenvalue weighted by atomic mass is 9.97. The lowest BCUT2D eigenvalue weighted by Gasteiger charge is -2.29. The topological polar surface area (TPSA) is 72.9 Å². The van der Waals surface area contributed by atoms with E-state index in [-0.39, 0.29) is 10.8 Å². The Morgan fingerprint density at radius 1 is 1.19 bits per heavy atom. The molecule has 0 saturated carbocycles. The third kappa shape index (κ3) is 6.65. The maximum Gasteiger partial charge on any atom is 0.334 e. The first kappa shape index (κ1) is 28.1. The number of rotatable bonds is 8. The molecule has 6 nitrogen and oxygen atoms in total. The van der Waals surface area contributed by atoms with Gasteiger partial charge in [0.2, 0.25) is 0 Å². The van der Waals surface area contributed by atoms with Gasteiger partial charge in [-0.15, -0.1) is 11.8 Å². The number of hydrogen-bond donors (Lipinski definition) is 0. The van der Waals surface area contributed by atoms with Gasteiger partial charge in [-0.1, -0.05) is 38.0 Å². The Morgan fingerprint density at radius 2 is 1.89 bits per heavy atom. The number of para-hydroxylation sites is 1. The van der Waals surface area contributed by atoms with Crippen molar-refractivity contribution in [2.45, 2.75) is 74.5 Å². The van der Waals surface area contributed by atoms with E-state index >= 15 is 0 Å². The number of benzene rings is 2. The van der Waals surface area contributed by atoms with E-state index in [4.69, 9.17) is 9.47 Å². The fourth-order valence-corrected chi connectivity index (χ4v) is 6.70. The number of carbonyl (C=O) groups excluding carboxylic acids is 1. The van der Waals surface area contributed by atoms with E-state index in [0.717, 1.165) is 29.8 Å². The van der Waals surface area contributed by atoms with Crippen molar-refractivity contribution in [2.24, 2.45) is 5.92 Å². The molecule has 0 aliphatic carbocycles. The minimum absolute atomic E-state index is 0.0169. The van der Waals surface area contributed by atoms with Gasteiger partial charge in [-0.3, -0.25) is 0 Å². The molecule has 1 aliphatic rings. The van der Waals surface area contributed by atoms with Crippen LogP contribution in [0, 0.1) is 5.92 Å². The number of fused-ring (bicyclic) bond motifs is 1. The molecule has 2 aromatic rings. The van der Waals surface area contributed by atoms with Crippen LogP contribution in [0.25, 0.3) is 0 Å². The highest BCUT2D eigenvalue weighted by atomic mass is 32.2. The molecule has 0 fully saturated rings. The van der Waals surface area contributed by atoms with Crippen molar-refractivity contribution in [3.8, 4) is 5.75 Å². The maximum absolute atomic E-state index is 13.9. The number of unbranched alkanes of at least 4 members (excludes halogenated alkanes) is 1. The normalized spacial score (nSPS) is 19.6. The van der Waals surface area contributed by atoms with Crippen molar-refractivity contribution >= 4 is 38.9 Å². The average Bonchev–Trinajstić information content (AvgIpc) is 2.90. The van der Waals surface area contributed by atoms with Gasteiger partial charge in [-0.25, -0.2) is 13.2 Å². The van der Waals surface area contributed by atoms with Gasteiger partial charge in [-0.2, -0.15) is 0 Å². The van der Waals surface area contributed by atoms with E-state index < -0.39 is 26.7 Å². The number of sulfone groups is 1. The van der Waals surface area contributed by atoms with Crippen LogP contribution in [0.2, 0.25) is 0 Å². The molecule has 3 rings (SSSR count). The van der Waals surface area contributed by atoms with Crippen LogP contribution in [-0.2, 0) is 19.4 Å². The third-order valence-corrected chi connectivity index (χ3v) is 9.28. The third-order valence-electron chi connectivity index (χ3n) is 6.22. The maximum atomic E-state index is 13.9. The minimum Gasteiger partial charge on any atom is -0.464 e. The van der Waals surface area contributed by atoms with Crippen LogP contribution in [-0.4, -0.2) is 38.0 Å². The molecule has 0 aromatic heterocycles. The first-order chi connectivity index (χ1) is 17.0. The molecular weight excluding hydrogens is 494 g/mol. The van der Waals surface area contributed by atoms with E-state index in [9.17, 15) is 13.2 Å². The molecule has 0 N–H and O–H groups in total. The van der Waals surface area contributed by atoms with Crippen molar-refractivity contribution in [2.75, 3.05) is 17.7 Å². The molecule has 0 amide bonds. The predicted molar refractivity (Wildman–Crippen MR) is 147 cm³/mol. The monoisotopic (exact) mass is 531 g/mol. The zero-order chi connectivity index (χ0) is 26.5. The first-order valence-electron chi connectivity index (χ1n) is 12.3. The van der Waals surface area contributed by atoms with Crippen molar-refractivity contribution < 1.29 is 22.7 Å². The average molecular weight is 532 g/mol. The standard InChI is InChI=1S/C28H37NO5S2/c1-7-8-12-21-19-29(22-13-10-9-11-14-22)23-17-25(35-6)24(18-26(23)36(31,32)20(21)2)33-16-15-27(30)34-28(3,4)5/h9-11,13-18,20-21H,7-8,12,19H2,1-6H3/b16-15+. The Balaban J connectivity index is 2.08. The summed E-state index contributed by atoms with van der Waals surface area (Å²) >= 11 is 1.46. The molecule has 0 spiro atoms. The number of anilines is 2. The summed E-state index contributed by atoms with van der Waals surface area (Å²) in [4.78, 5) is 15.2. The molecule has 8 heteroatoms. The van der Waals surface area contributed by atoms with Gasteiger partial charge < -0.3 is 14.4 Å². The number of esters is 1. The van der Waals surface area contributed by atoms with Crippen LogP contribution >= 0.6 is 11.8 Å². The quantitative estimate of drug-likeness (QED) is 0.161. The summed E-state index contributed by atoms with van der Waals surface area (Å²) in [7, 11) is -3.64. The summed E-state index contributed by atoms with van der Waals surface area (Å²) < 4.78 is 38.8. The van der Waals surface area contributed by atoms with Crippen molar-refractivity contribution in [3.05, 3.63) is 54.8 Å². The number of ether oxygens (including phenoxy) is 2. The van der Waals surface area contributed by atoms with Gasteiger partial charge in [0.05, 0.1) is 33.1 Å². The van der Waals surface area contributed by atoms with Crippen LogP contribution in [0.1, 0.15) is 53.9 Å². The molecule has 2 aromatic carbocycles. The predicted octanol–water partition coefficient (Wildman–Crippen LogP) is 6.76. The molecule has 1 aliphatic heterocycles. The van der Waals surface area contributed by atoms with Gasteiger partial charge in [0.1, 0.15) is 11.4 Å². The highest BCUT2D eigenvalue weighted by Gasteiger charge is 2.39. The molecule has 36 heavy (non-hydrogen) atoms. The minimum atomic E-state index is -3.64. The number of nitrogens with zero attached hydrogens (tertiary/aromatic N) is 1. The van der Waals surface area contributed by atoms with Crippen molar-refractivity contribution in [1.29, 1.82) is 0 Å². The summed E-state index contributed by atoms with van der Waals surface area (Å²) in [6.07, 6.45) is 7.20. The highest BCUT2D eigenvalue weighted by Crippen LogP contribution is 2.45. The fourth-order valence-electron chi connectivity index (χ4n) is 4.30. The second-order valence-corrected chi connectivity index (χ2v) is 13.1. The van der Waals surface area contributed by atoms with Gasteiger partial charge >= 0.3 is 5.97 Å². The van der Waals surface area contributed by atoms with Crippen LogP contribution in [0.5, 0.6) is 5.75 Å². The second kappa shape index (κ2) is 11.7. The fraction of sp³-hybridized carbons (Fsp3) is 0.464. The molecule has 0 saturated heterocycles. The second-order valence-electron chi connectivity index (χ2n) is 10.0.